The van der Waals surface area contributed by atoms with Gasteiger partial charge in [-0.1, -0.05) is 30.3 Å². The zero-order valence-corrected chi connectivity index (χ0v) is 19.5. The van der Waals surface area contributed by atoms with E-state index in [1.807, 2.05) is 18.2 Å². The molecule has 3 aromatic carbocycles. The highest BCUT2D eigenvalue weighted by molar-refractivity contribution is 5.99. The number of nitrogens with two attached hydrogens (primary N) is 1. The fourth-order valence-corrected chi connectivity index (χ4v) is 4.72. The van der Waals surface area contributed by atoms with Crippen molar-refractivity contribution in [3.63, 3.8) is 0 Å². The first-order chi connectivity index (χ1) is 17.0. The third kappa shape index (κ3) is 6.04. The van der Waals surface area contributed by atoms with Crippen molar-refractivity contribution in [2.24, 2.45) is 11.7 Å². The molecule has 0 spiro atoms. The van der Waals surface area contributed by atoms with E-state index in [1.54, 1.807) is 36.4 Å². The number of nitriles is 1. The third-order valence-electron chi connectivity index (χ3n) is 6.56. The minimum Gasteiger partial charge on any atom is -0.392 e. The topological polar surface area (TPSA) is 93.6 Å². The Hall–Kier alpha value is -3.73. The van der Waals surface area contributed by atoms with Crippen molar-refractivity contribution in [3.8, 4) is 6.07 Å². The van der Waals surface area contributed by atoms with Crippen LogP contribution < -0.4 is 10.6 Å². The second-order valence-electron chi connectivity index (χ2n) is 9.01. The number of aliphatic hydroxyl groups excluding tert-OH is 1. The first-order valence-electron chi connectivity index (χ1n) is 11.8. The molecular weight excluding hydrogens is 443 g/mol. The molecule has 1 saturated heterocycles. The van der Waals surface area contributed by atoms with Crippen molar-refractivity contribution in [2.75, 3.05) is 18.0 Å². The number of likely N-dealkylation sites (tertiary alicyclic amines) is 1. The van der Waals surface area contributed by atoms with Crippen LogP contribution in [0.1, 0.15) is 35.1 Å². The van der Waals surface area contributed by atoms with Crippen LogP contribution in [0.4, 0.5) is 20.6 Å². The van der Waals surface area contributed by atoms with Crippen LogP contribution in [-0.2, 0) is 19.6 Å². The highest BCUT2D eigenvalue weighted by Gasteiger charge is 2.24. The van der Waals surface area contributed by atoms with E-state index in [2.05, 4.69) is 11.0 Å². The standard InChI is InChI=1S/C28H29FN4O2/c29-25-7-4-20(5-8-25)14-21-10-12-32(13-11-21)18-24-15-23(19-34)6-9-27(24)33(28(31)35)26-3-1-2-22(16-26)17-30/h1-9,15-16,21,34H,10-14,18-19H2,(H2,31,35). The molecule has 3 N–H and O–H groups in total. The lowest BCUT2D eigenvalue weighted by atomic mass is 9.90. The number of hydrogen-bond acceptors (Lipinski definition) is 4. The fraction of sp³-hybridized carbons (Fsp3) is 0.286. The summed E-state index contributed by atoms with van der Waals surface area (Å²) in [7, 11) is 0. The van der Waals surface area contributed by atoms with E-state index in [-0.39, 0.29) is 12.4 Å². The lowest BCUT2D eigenvalue weighted by molar-refractivity contribution is 0.177. The van der Waals surface area contributed by atoms with E-state index in [4.69, 9.17) is 5.73 Å². The van der Waals surface area contributed by atoms with Crippen molar-refractivity contribution >= 4 is 17.4 Å². The number of hydrogen-bond donors (Lipinski definition) is 2. The van der Waals surface area contributed by atoms with E-state index in [0.29, 0.717) is 29.4 Å². The van der Waals surface area contributed by atoms with Crippen LogP contribution in [0.2, 0.25) is 0 Å². The summed E-state index contributed by atoms with van der Waals surface area (Å²) in [5.41, 5.74) is 10.2. The summed E-state index contributed by atoms with van der Waals surface area (Å²) in [4.78, 5) is 16.3. The van der Waals surface area contributed by atoms with Crippen molar-refractivity contribution < 1.29 is 14.3 Å². The number of rotatable bonds is 7. The monoisotopic (exact) mass is 472 g/mol. The number of urea groups is 1. The normalized spacial score (nSPS) is 14.4. The summed E-state index contributed by atoms with van der Waals surface area (Å²) in [6, 6.07) is 20.4. The van der Waals surface area contributed by atoms with Gasteiger partial charge in [0.1, 0.15) is 5.82 Å². The number of carbonyl (C=O) groups excluding carboxylic acids is 1. The average molecular weight is 473 g/mol. The summed E-state index contributed by atoms with van der Waals surface area (Å²) in [6.07, 6.45) is 2.98. The van der Waals surface area contributed by atoms with Gasteiger partial charge in [-0.3, -0.25) is 9.80 Å². The molecule has 0 bridgehead atoms. The maximum Gasteiger partial charge on any atom is 0.323 e. The van der Waals surface area contributed by atoms with E-state index in [1.165, 1.54) is 17.0 Å². The molecule has 180 valence electrons. The van der Waals surface area contributed by atoms with E-state index >= 15 is 0 Å². The Morgan fingerprint density at radius 3 is 2.46 bits per heavy atom. The van der Waals surface area contributed by atoms with Crippen LogP contribution in [0, 0.1) is 23.1 Å². The first-order valence-corrected chi connectivity index (χ1v) is 11.8. The summed E-state index contributed by atoms with van der Waals surface area (Å²) in [5, 5.41) is 19.0. The van der Waals surface area contributed by atoms with E-state index < -0.39 is 6.03 Å². The highest BCUT2D eigenvalue weighted by atomic mass is 19.1. The Labute approximate surface area is 205 Å². The molecule has 0 aliphatic carbocycles. The van der Waals surface area contributed by atoms with Gasteiger partial charge in [-0.25, -0.2) is 9.18 Å². The van der Waals surface area contributed by atoms with Crippen LogP contribution in [0.5, 0.6) is 0 Å². The van der Waals surface area contributed by atoms with Crippen LogP contribution >= 0.6 is 0 Å². The Morgan fingerprint density at radius 1 is 1.09 bits per heavy atom. The molecule has 35 heavy (non-hydrogen) atoms. The molecule has 1 heterocycles. The molecular formula is C28H29FN4O2. The number of aliphatic hydroxyl groups is 1. The zero-order chi connectivity index (χ0) is 24.8. The van der Waals surface area contributed by atoms with Gasteiger partial charge in [0, 0.05) is 6.54 Å². The number of primary amides is 1. The first kappa shape index (κ1) is 24.4. The van der Waals surface area contributed by atoms with E-state index in [9.17, 15) is 19.6 Å². The van der Waals surface area contributed by atoms with Gasteiger partial charge < -0.3 is 10.8 Å². The molecule has 0 atom stereocenters. The van der Waals surface area contributed by atoms with Gasteiger partial charge in [0.15, 0.2) is 0 Å². The van der Waals surface area contributed by atoms with Crippen molar-refractivity contribution in [1.82, 2.24) is 4.90 Å². The molecule has 2 amide bonds. The number of nitrogens with zero attached hydrogens (tertiary/aromatic N) is 3. The van der Waals surface area contributed by atoms with Gasteiger partial charge in [0.2, 0.25) is 0 Å². The Bertz CT molecular complexity index is 1210. The van der Waals surface area contributed by atoms with Gasteiger partial charge in [0.25, 0.3) is 0 Å². The largest absolute Gasteiger partial charge is 0.392 e. The van der Waals surface area contributed by atoms with Crippen molar-refractivity contribution in [3.05, 3.63) is 94.8 Å². The van der Waals surface area contributed by atoms with E-state index in [0.717, 1.165) is 49.0 Å². The quantitative estimate of drug-likeness (QED) is 0.513. The second kappa shape index (κ2) is 11.1. The number of carbonyl (C=O) groups is 1. The number of anilines is 2. The smallest absolute Gasteiger partial charge is 0.323 e. The molecule has 0 saturated carbocycles. The Morgan fingerprint density at radius 2 is 1.80 bits per heavy atom. The minimum absolute atomic E-state index is 0.104. The number of halogens is 1. The highest BCUT2D eigenvalue weighted by Crippen LogP contribution is 2.32. The predicted molar refractivity (Wildman–Crippen MR) is 133 cm³/mol. The zero-order valence-electron chi connectivity index (χ0n) is 19.5. The van der Waals surface area contributed by atoms with Gasteiger partial charge in [-0.2, -0.15) is 5.26 Å². The minimum atomic E-state index is -0.643. The maximum atomic E-state index is 13.2. The summed E-state index contributed by atoms with van der Waals surface area (Å²) in [5.74, 6) is 0.324. The molecule has 1 aliphatic rings. The molecule has 1 fully saturated rings. The summed E-state index contributed by atoms with van der Waals surface area (Å²) >= 11 is 0. The lowest BCUT2D eigenvalue weighted by Crippen LogP contribution is -2.36. The second-order valence-corrected chi connectivity index (χ2v) is 9.01. The average Bonchev–Trinajstić information content (AvgIpc) is 2.87. The summed E-state index contributed by atoms with van der Waals surface area (Å²) < 4.78 is 13.2. The Balaban J connectivity index is 1.52. The van der Waals surface area contributed by atoms with Gasteiger partial charge >= 0.3 is 6.03 Å². The van der Waals surface area contributed by atoms with Gasteiger partial charge in [-0.15, -0.1) is 0 Å². The molecule has 0 aromatic heterocycles. The molecule has 3 aromatic rings. The molecule has 7 heteroatoms. The fourth-order valence-electron chi connectivity index (χ4n) is 4.72. The number of benzene rings is 3. The molecule has 1 aliphatic heterocycles. The van der Waals surface area contributed by atoms with Crippen LogP contribution in [0.15, 0.2) is 66.7 Å². The lowest BCUT2D eigenvalue weighted by Gasteiger charge is -2.33. The van der Waals surface area contributed by atoms with Crippen LogP contribution in [0.25, 0.3) is 0 Å². The molecule has 4 rings (SSSR count). The van der Waals surface area contributed by atoms with Crippen LogP contribution in [-0.4, -0.2) is 29.1 Å². The molecule has 0 radical (unpaired) electrons. The van der Waals surface area contributed by atoms with Crippen molar-refractivity contribution in [1.29, 1.82) is 5.26 Å². The summed E-state index contributed by atoms with van der Waals surface area (Å²) in [6.45, 7) is 2.30. The maximum absolute atomic E-state index is 13.2. The number of piperidine rings is 1. The number of amides is 2. The molecule has 6 nitrogen and oxygen atoms in total. The Kier molecular flexibility index (Phi) is 7.76. The van der Waals surface area contributed by atoms with Gasteiger partial charge in [0.05, 0.1) is 29.6 Å². The van der Waals surface area contributed by atoms with Gasteiger partial charge in [-0.05, 0) is 91.4 Å². The van der Waals surface area contributed by atoms with Crippen molar-refractivity contribution in [2.45, 2.75) is 32.4 Å². The van der Waals surface area contributed by atoms with Crippen LogP contribution in [0.3, 0.4) is 0 Å². The molecule has 0 unspecified atom stereocenters. The predicted octanol–water partition coefficient (Wildman–Crippen LogP) is 4.86. The third-order valence-corrected chi connectivity index (χ3v) is 6.56. The SMILES string of the molecule is N#Cc1cccc(N(C(N)=O)c2ccc(CO)cc2CN2CCC(Cc3ccc(F)cc3)CC2)c1.